The highest BCUT2D eigenvalue weighted by Crippen LogP contribution is 2.44. The van der Waals surface area contributed by atoms with Gasteiger partial charge in [0.25, 0.3) is 0 Å². The van der Waals surface area contributed by atoms with Crippen LogP contribution in [-0.2, 0) is 4.74 Å². The molecule has 0 unspecified atom stereocenters. The van der Waals surface area contributed by atoms with Crippen molar-refractivity contribution in [3.63, 3.8) is 0 Å². The van der Waals surface area contributed by atoms with Crippen molar-refractivity contribution < 1.29 is 9.53 Å². The maximum Gasteiger partial charge on any atom is 0.410 e. The second-order valence-electron chi connectivity index (χ2n) is 6.28. The molecule has 1 amide bonds. The van der Waals surface area contributed by atoms with Crippen molar-refractivity contribution in [2.75, 3.05) is 19.7 Å². The van der Waals surface area contributed by atoms with Crippen molar-refractivity contribution in [2.24, 2.45) is 0 Å². The molecule has 0 radical (unpaired) electrons. The smallest absolute Gasteiger partial charge is 0.410 e. The van der Waals surface area contributed by atoms with E-state index < -0.39 is 0 Å². The van der Waals surface area contributed by atoms with Crippen LogP contribution < -0.4 is 0 Å². The summed E-state index contributed by atoms with van der Waals surface area (Å²) in [6.45, 7) is 9.25. The van der Waals surface area contributed by atoms with E-state index in [1.807, 2.05) is 26.0 Å². The third-order valence-corrected chi connectivity index (χ3v) is 4.44. The lowest BCUT2D eigenvalue weighted by Crippen LogP contribution is -2.33. The highest BCUT2D eigenvalue weighted by atomic mass is 16.6. The Bertz CT molecular complexity index is 720. The third kappa shape index (κ3) is 3.07. The Hall–Kier alpha value is -2.55. The number of fused-ring (bicyclic) bond motifs is 3. The standard InChI is InChI=1S/C21H23NO2/c1-4-22(13-15(2)3)21(23)24-14-20-18-11-7-5-9-16(18)17-10-6-8-12-19(17)20/h5-12,20H,2,4,13-14H2,1,3H3. The Balaban J connectivity index is 1.78. The van der Waals surface area contributed by atoms with Crippen LogP contribution in [0.1, 0.15) is 30.9 Å². The molecule has 3 nitrogen and oxygen atoms in total. The van der Waals surface area contributed by atoms with Gasteiger partial charge in [0.15, 0.2) is 0 Å². The van der Waals surface area contributed by atoms with Crippen molar-refractivity contribution in [1.82, 2.24) is 4.90 Å². The number of benzene rings is 2. The summed E-state index contributed by atoms with van der Waals surface area (Å²) < 4.78 is 5.64. The molecule has 3 rings (SSSR count). The van der Waals surface area contributed by atoms with Crippen molar-refractivity contribution in [2.45, 2.75) is 19.8 Å². The zero-order chi connectivity index (χ0) is 17.1. The highest BCUT2D eigenvalue weighted by molar-refractivity contribution is 5.79. The highest BCUT2D eigenvalue weighted by Gasteiger charge is 2.29. The minimum absolute atomic E-state index is 0.102. The monoisotopic (exact) mass is 321 g/mol. The summed E-state index contributed by atoms with van der Waals surface area (Å²) in [5.41, 5.74) is 5.89. The number of rotatable bonds is 5. The molecular weight excluding hydrogens is 298 g/mol. The maximum atomic E-state index is 12.4. The molecule has 0 spiro atoms. The first-order chi connectivity index (χ1) is 11.6. The molecule has 2 aromatic rings. The van der Waals surface area contributed by atoms with Crippen molar-refractivity contribution in [3.05, 3.63) is 71.8 Å². The minimum Gasteiger partial charge on any atom is -0.448 e. The van der Waals surface area contributed by atoms with Crippen molar-refractivity contribution in [3.8, 4) is 11.1 Å². The topological polar surface area (TPSA) is 29.5 Å². The molecule has 0 atom stereocenters. The van der Waals surface area contributed by atoms with Gasteiger partial charge >= 0.3 is 6.09 Å². The number of ether oxygens (including phenoxy) is 1. The largest absolute Gasteiger partial charge is 0.448 e. The number of nitrogens with zero attached hydrogens (tertiary/aromatic N) is 1. The van der Waals surface area contributed by atoms with Crippen LogP contribution in [0, 0.1) is 0 Å². The predicted octanol–water partition coefficient (Wildman–Crippen LogP) is 4.83. The van der Waals surface area contributed by atoms with Gasteiger partial charge in [0.05, 0.1) is 0 Å². The Morgan fingerprint density at radius 3 is 2.12 bits per heavy atom. The number of likely N-dealkylation sites (N-methyl/N-ethyl adjacent to an activating group) is 1. The number of hydrogen-bond acceptors (Lipinski definition) is 2. The van der Waals surface area contributed by atoms with Gasteiger partial charge in [-0.15, -0.1) is 0 Å². The molecule has 124 valence electrons. The fraction of sp³-hybridized carbons (Fsp3) is 0.286. The first-order valence-electron chi connectivity index (χ1n) is 8.36. The maximum absolute atomic E-state index is 12.4. The summed E-state index contributed by atoms with van der Waals surface area (Å²) in [7, 11) is 0. The molecular formula is C21H23NO2. The molecule has 0 fully saturated rings. The Morgan fingerprint density at radius 1 is 1.08 bits per heavy atom. The molecule has 0 N–H and O–H groups in total. The average molecular weight is 321 g/mol. The average Bonchev–Trinajstić information content (AvgIpc) is 2.91. The van der Waals surface area contributed by atoms with Crippen molar-refractivity contribution >= 4 is 6.09 Å². The van der Waals surface area contributed by atoms with E-state index in [1.165, 1.54) is 22.3 Å². The molecule has 0 bridgehead atoms. The molecule has 0 saturated heterocycles. The predicted molar refractivity (Wildman–Crippen MR) is 97.1 cm³/mol. The van der Waals surface area contributed by atoms with E-state index in [9.17, 15) is 4.79 Å². The second-order valence-corrected chi connectivity index (χ2v) is 6.28. The van der Waals surface area contributed by atoms with Gasteiger partial charge in [-0.05, 0) is 36.1 Å². The van der Waals surface area contributed by atoms with Gasteiger partial charge in [-0.3, -0.25) is 0 Å². The van der Waals surface area contributed by atoms with Crippen LogP contribution in [-0.4, -0.2) is 30.7 Å². The zero-order valence-electron chi connectivity index (χ0n) is 14.3. The zero-order valence-corrected chi connectivity index (χ0v) is 14.3. The van der Waals surface area contributed by atoms with E-state index in [0.29, 0.717) is 19.7 Å². The van der Waals surface area contributed by atoms with Crippen LogP contribution in [0.15, 0.2) is 60.7 Å². The number of carbonyl (C=O) groups excluding carboxylic acids is 1. The second kappa shape index (κ2) is 6.91. The van der Waals surface area contributed by atoms with Crippen LogP contribution in [0.3, 0.4) is 0 Å². The quantitative estimate of drug-likeness (QED) is 0.738. The van der Waals surface area contributed by atoms with Crippen molar-refractivity contribution in [1.29, 1.82) is 0 Å². The van der Waals surface area contributed by atoms with Gasteiger partial charge in [-0.25, -0.2) is 4.79 Å². The van der Waals surface area contributed by atoms with Gasteiger partial charge in [0.2, 0.25) is 0 Å². The van der Waals surface area contributed by atoms with Crippen LogP contribution in [0.4, 0.5) is 4.79 Å². The SMILES string of the molecule is C=C(C)CN(CC)C(=O)OCC1c2ccccc2-c2ccccc21. The van der Waals surface area contributed by atoms with E-state index in [4.69, 9.17) is 4.74 Å². The van der Waals surface area contributed by atoms with Crippen LogP contribution >= 0.6 is 0 Å². The lowest BCUT2D eigenvalue weighted by Gasteiger charge is -2.22. The summed E-state index contributed by atoms with van der Waals surface area (Å²) >= 11 is 0. The van der Waals surface area contributed by atoms with Crippen LogP contribution in [0.2, 0.25) is 0 Å². The van der Waals surface area contributed by atoms with Gasteiger partial charge in [0, 0.05) is 19.0 Å². The lowest BCUT2D eigenvalue weighted by molar-refractivity contribution is 0.105. The minimum atomic E-state index is -0.276. The Kier molecular flexibility index (Phi) is 4.70. The van der Waals surface area contributed by atoms with Crippen LogP contribution in [0.5, 0.6) is 0 Å². The molecule has 0 saturated carbocycles. The normalized spacial score (nSPS) is 12.4. The van der Waals surface area contributed by atoms with Gasteiger partial charge in [-0.2, -0.15) is 0 Å². The van der Waals surface area contributed by atoms with E-state index in [-0.39, 0.29) is 12.0 Å². The molecule has 0 aromatic heterocycles. The Morgan fingerprint density at radius 2 is 1.62 bits per heavy atom. The molecule has 1 aliphatic rings. The Labute approximate surface area is 143 Å². The third-order valence-electron chi connectivity index (χ3n) is 4.44. The molecule has 0 heterocycles. The van der Waals surface area contributed by atoms with E-state index >= 15 is 0 Å². The summed E-state index contributed by atoms with van der Waals surface area (Å²) in [4.78, 5) is 14.0. The first-order valence-corrected chi connectivity index (χ1v) is 8.36. The summed E-state index contributed by atoms with van der Waals surface area (Å²) in [6, 6.07) is 16.7. The summed E-state index contributed by atoms with van der Waals surface area (Å²) in [5, 5.41) is 0. The summed E-state index contributed by atoms with van der Waals surface area (Å²) in [6.07, 6.45) is -0.276. The molecule has 1 aliphatic carbocycles. The first kappa shape index (κ1) is 16.3. The number of hydrogen-bond donors (Lipinski definition) is 0. The molecule has 2 aromatic carbocycles. The lowest BCUT2D eigenvalue weighted by atomic mass is 9.98. The van der Waals surface area contributed by atoms with E-state index in [0.717, 1.165) is 5.57 Å². The molecule has 3 heteroatoms. The number of carbonyl (C=O) groups is 1. The van der Waals surface area contributed by atoms with Gasteiger partial charge < -0.3 is 9.64 Å². The van der Waals surface area contributed by atoms with Gasteiger partial charge in [-0.1, -0.05) is 60.7 Å². The fourth-order valence-corrected chi connectivity index (χ4v) is 3.32. The number of amides is 1. The summed E-state index contributed by atoms with van der Waals surface area (Å²) in [5.74, 6) is 0.102. The van der Waals surface area contributed by atoms with Gasteiger partial charge in [0.1, 0.15) is 6.61 Å². The van der Waals surface area contributed by atoms with E-state index in [1.54, 1.807) is 4.90 Å². The van der Waals surface area contributed by atoms with E-state index in [2.05, 4.69) is 43.0 Å². The van der Waals surface area contributed by atoms with Crippen LogP contribution in [0.25, 0.3) is 11.1 Å². The fourth-order valence-electron chi connectivity index (χ4n) is 3.32. The molecule has 24 heavy (non-hydrogen) atoms. The molecule has 0 aliphatic heterocycles.